The Bertz CT molecular complexity index is 335. The largest absolute Gasteiger partial charge is 0.383 e. The molecule has 1 aliphatic heterocycles. The summed E-state index contributed by atoms with van der Waals surface area (Å²) in [6, 6.07) is 1.84. The van der Waals surface area contributed by atoms with Crippen molar-refractivity contribution in [3.05, 3.63) is 23.4 Å². The molecule has 0 unspecified atom stereocenters. The van der Waals surface area contributed by atoms with Crippen LogP contribution in [0.5, 0.6) is 0 Å². The first-order valence-corrected chi connectivity index (χ1v) is 3.80. The summed E-state index contributed by atoms with van der Waals surface area (Å²) in [5, 5.41) is 2.72. The van der Waals surface area contributed by atoms with Crippen molar-refractivity contribution in [1.29, 1.82) is 0 Å². The van der Waals surface area contributed by atoms with Gasteiger partial charge in [0.05, 0.1) is 5.56 Å². The second kappa shape index (κ2) is 2.48. The molecule has 1 aliphatic rings. The third kappa shape index (κ3) is 0.922. The zero-order valence-corrected chi connectivity index (χ0v) is 6.50. The molecule has 0 spiro atoms. The number of hydrogen-bond acceptors (Lipinski definition) is 3. The molecule has 0 atom stereocenters. The van der Waals surface area contributed by atoms with Gasteiger partial charge in [0.25, 0.3) is 5.91 Å². The fourth-order valence-corrected chi connectivity index (χ4v) is 1.39. The molecule has 0 saturated carbocycles. The number of rotatable bonds is 0. The molecule has 1 amide bonds. The van der Waals surface area contributed by atoms with Gasteiger partial charge in [-0.05, 0) is 18.1 Å². The summed E-state index contributed by atoms with van der Waals surface area (Å²) in [6.45, 7) is 0.690. The third-order valence-corrected chi connectivity index (χ3v) is 1.97. The SMILES string of the molecule is Nc1nccc2c1C(=O)NCC2. The van der Waals surface area contributed by atoms with E-state index in [9.17, 15) is 4.79 Å². The van der Waals surface area contributed by atoms with Gasteiger partial charge in [0, 0.05) is 12.7 Å². The van der Waals surface area contributed by atoms with Crippen LogP contribution < -0.4 is 11.1 Å². The van der Waals surface area contributed by atoms with E-state index in [1.807, 2.05) is 6.07 Å². The Labute approximate surface area is 69.8 Å². The second-order valence-corrected chi connectivity index (χ2v) is 2.74. The molecule has 62 valence electrons. The van der Waals surface area contributed by atoms with Crippen LogP contribution in [0.2, 0.25) is 0 Å². The van der Waals surface area contributed by atoms with E-state index in [4.69, 9.17) is 5.73 Å². The van der Waals surface area contributed by atoms with Gasteiger partial charge in [-0.25, -0.2) is 4.98 Å². The van der Waals surface area contributed by atoms with Gasteiger partial charge < -0.3 is 11.1 Å². The van der Waals surface area contributed by atoms with E-state index in [0.717, 1.165) is 12.0 Å². The molecule has 2 rings (SSSR count). The van der Waals surface area contributed by atoms with Crippen molar-refractivity contribution < 1.29 is 4.79 Å². The smallest absolute Gasteiger partial charge is 0.255 e. The van der Waals surface area contributed by atoms with Crippen molar-refractivity contribution in [2.45, 2.75) is 6.42 Å². The number of pyridine rings is 1. The highest BCUT2D eigenvalue weighted by atomic mass is 16.1. The van der Waals surface area contributed by atoms with Gasteiger partial charge >= 0.3 is 0 Å². The maximum absolute atomic E-state index is 11.3. The van der Waals surface area contributed by atoms with Gasteiger partial charge in [0.1, 0.15) is 5.82 Å². The average molecular weight is 163 g/mol. The Balaban J connectivity index is 2.60. The Morgan fingerprint density at radius 2 is 2.42 bits per heavy atom. The quantitative estimate of drug-likeness (QED) is 0.563. The number of nitrogen functional groups attached to an aromatic ring is 1. The minimum Gasteiger partial charge on any atom is -0.383 e. The van der Waals surface area contributed by atoms with Gasteiger partial charge in [0.2, 0.25) is 0 Å². The van der Waals surface area contributed by atoms with Crippen LogP contribution in [0.3, 0.4) is 0 Å². The van der Waals surface area contributed by atoms with Gasteiger partial charge in [-0.2, -0.15) is 0 Å². The summed E-state index contributed by atoms with van der Waals surface area (Å²) in [6.07, 6.45) is 2.47. The summed E-state index contributed by atoms with van der Waals surface area (Å²) in [5.41, 5.74) is 7.10. The van der Waals surface area contributed by atoms with E-state index in [2.05, 4.69) is 10.3 Å². The zero-order chi connectivity index (χ0) is 8.55. The van der Waals surface area contributed by atoms with Crippen molar-refractivity contribution in [1.82, 2.24) is 10.3 Å². The summed E-state index contributed by atoms with van der Waals surface area (Å²) in [4.78, 5) is 15.1. The molecule has 0 bridgehead atoms. The lowest BCUT2D eigenvalue weighted by Crippen LogP contribution is -2.32. The summed E-state index contributed by atoms with van der Waals surface area (Å²) in [7, 11) is 0. The number of anilines is 1. The van der Waals surface area contributed by atoms with Crippen molar-refractivity contribution >= 4 is 11.7 Å². The lowest BCUT2D eigenvalue weighted by molar-refractivity contribution is 0.0946. The number of nitrogens with one attached hydrogen (secondary N) is 1. The lowest BCUT2D eigenvalue weighted by atomic mass is 10.0. The third-order valence-electron chi connectivity index (χ3n) is 1.97. The highest BCUT2D eigenvalue weighted by molar-refractivity contribution is 6.00. The van der Waals surface area contributed by atoms with Crippen molar-refractivity contribution in [3.63, 3.8) is 0 Å². The second-order valence-electron chi connectivity index (χ2n) is 2.74. The molecule has 1 aromatic rings. The van der Waals surface area contributed by atoms with Crippen LogP contribution in [0, 0.1) is 0 Å². The fourth-order valence-electron chi connectivity index (χ4n) is 1.39. The highest BCUT2D eigenvalue weighted by Crippen LogP contribution is 2.17. The highest BCUT2D eigenvalue weighted by Gasteiger charge is 2.19. The molecule has 12 heavy (non-hydrogen) atoms. The maximum atomic E-state index is 11.3. The predicted molar refractivity (Wildman–Crippen MR) is 44.7 cm³/mol. The van der Waals surface area contributed by atoms with Crippen LogP contribution in [0.25, 0.3) is 0 Å². The van der Waals surface area contributed by atoms with Gasteiger partial charge in [0.15, 0.2) is 0 Å². The normalized spacial score (nSPS) is 15.2. The minimum atomic E-state index is -0.109. The molecule has 0 fully saturated rings. The van der Waals surface area contributed by atoms with E-state index in [0.29, 0.717) is 17.9 Å². The number of aromatic nitrogens is 1. The molecule has 0 aliphatic carbocycles. The number of nitrogens with two attached hydrogens (primary N) is 1. The fraction of sp³-hybridized carbons (Fsp3) is 0.250. The molecular formula is C8H9N3O. The molecule has 2 heterocycles. The standard InChI is InChI=1S/C8H9N3O/c9-7-6-5(1-3-10-7)2-4-11-8(6)12/h1,3H,2,4H2,(H2,9,10)(H,11,12). The number of carbonyl (C=O) groups is 1. The maximum Gasteiger partial charge on any atom is 0.255 e. The Morgan fingerprint density at radius 3 is 3.17 bits per heavy atom. The van der Waals surface area contributed by atoms with Crippen molar-refractivity contribution in [2.75, 3.05) is 12.3 Å². The molecule has 0 radical (unpaired) electrons. The Kier molecular flexibility index (Phi) is 1.46. The topological polar surface area (TPSA) is 68.0 Å². The summed E-state index contributed by atoms with van der Waals surface area (Å²) in [5.74, 6) is 0.214. The van der Waals surface area contributed by atoms with Crippen LogP contribution in [0.4, 0.5) is 5.82 Å². The molecule has 3 N–H and O–H groups in total. The number of hydrogen-bond donors (Lipinski definition) is 2. The number of amides is 1. The van der Waals surface area contributed by atoms with Gasteiger partial charge in [-0.1, -0.05) is 0 Å². The molecule has 0 aromatic carbocycles. The molecule has 0 saturated heterocycles. The molecular weight excluding hydrogens is 154 g/mol. The number of fused-ring (bicyclic) bond motifs is 1. The van der Waals surface area contributed by atoms with Gasteiger partial charge in [-0.15, -0.1) is 0 Å². The minimum absolute atomic E-state index is 0.109. The number of nitrogens with zero attached hydrogens (tertiary/aromatic N) is 1. The first kappa shape index (κ1) is 7.09. The number of carbonyl (C=O) groups excluding carboxylic acids is 1. The molecule has 4 nitrogen and oxygen atoms in total. The molecule has 4 heteroatoms. The van der Waals surface area contributed by atoms with Crippen LogP contribution in [-0.4, -0.2) is 17.4 Å². The van der Waals surface area contributed by atoms with Crippen LogP contribution in [0.1, 0.15) is 15.9 Å². The van der Waals surface area contributed by atoms with Gasteiger partial charge in [-0.3, -0.25) is 4.79 Å². The Morgan fingerprint density at radius 1 is 1.58 bits per heavy atom. The average Bonchev–Trinajstić information content (AvgIpc) is 2.04. The summed E-state index contributed by atoms with van der Waals surface area (Å²) >= 11 is 0. The predicted octanol–water partition coefficient (Wildman–Crippen LogP) is -0.0503. The lowest BCUT2D eigenvalue weighted by Gasteiger charge is -2.16. The Hall–Kier alpha value is -1.58. The van der Waals surface area contributed by atoms with E-state index < -0.39 is 0 Å². The van der Waals surface area contributed by atoms with E-state index in [1.165, 1.54) is 0 Å². The zero-order valence-electron chi connectivity index (χ0n) is 6.50. The molecule has 1 aromatic heterocycles. The van der Waals surface area contributed by atoms with Crippen LogP contribution in [-0.2, 0) is 6.42 Å². The van der Waals surface area contributed by atoms with Crippen LogP contribution >= 0.6 is 0 Å². The monoisotopic (exact) mass is 163 g/mol. The first-order valence-electron chi connectivity index (χ1n) is 3.80. The summed E-state index contributed by atoms with van der Waals surface area (Å²) < 4.78 is 0. The van der Waals surface area contributed by atoms with E-state index in [1.54, 1.807) is 6.20 Å². The van der Waals surface area contributed by atoms with Crippen molar-refractivity contribution in [2.24, 2.45) is 0 Å². The first-order chi connectivity index (χ1) is 5.79. The van der Waals surface area contributed by atoms with Crippen molar-refractivity contribution in [3.8, 4) is 0 Å². The van der Waals surface area contributed by atoms with E-state index in [-0.39, 0.29) is 5.91 Å². The van der Waals surface area contributed by atoms with Crippen LogP contribution in [0.15, 0.2) is 12.3 Å². The van der Waals surface area contributed by atoms with E-state index >= 15 is 0 Å².